The molecule has 0 saturated carbocycles. The van der Waals surface area contributed by atoms with Crippen molar-refractivity contribution >= 4 is 23.9 Å². The molecule has 9 heteroatoms. The Balaban J connectivity index is 1.56. The highest BCUT2D eigenvalue weighted by atomic mass is 16.6. The first-order valence-corrected chi connectivity index (χ1v) is 9.87. The highest BCUT2D eigenvalue weighted by molar-refractivity contribution is 6.32. The molecule has 3 rings (SSSR count). The molecule has 2 aromatic rings. The standard InChI is InChI=1S/C22H23N3O6/c1-2-7-18(23-20(27)21(28)29)19(26)24-25-22(30)31-12-17-15-10-5-3-8-13(15)14-9-4-6-11-16(14)17/h3-6,8-11,17-18H,2,7,12H2,1H3,(H,23,27)(H,24,26)(H,25,30)(H,28,29). The fourth-order valence-corrected chi connectivity index (χ4v) is 3.61. The maximum atomic E-state index is 12.2. The van der Waals surface area contributed by atoms with Gasteiger partial charge < -0.3 is 15.2 Å². The second-order valence-electron chi connectivity index (χ2n) is 7.06. The zero-order chi connectivity index (χ0) is 22.4. The Morgan fingerprint density at radius 1 is 0.968 bits per heavy atom. The third-order valence-electron chi connectivity index (χ3n) is 5.02. The number of aliphatic carboxylic acids is 1. The molecule has 4 N–H and O–H groups in total. The average Bonchev–Trinajstić information content (AvgIpc) is 3.09. The van der Waals surface area contributed by atoms with Gasteiger partial charge in [-0.3, -0.25) is 15.0 Å². The summed E-state index contributed by atoms with van der Waals surface area (Å²) in [6.45, 7) is 1.84. The van der Waals surface area contributed by atoms with E-state index in [2.05, 4.69) is 16.2 Å². The number of ether oxygens (including phenoxy) is 1. The number of nitrogens with one attached hydrogen (secondary N) is 3. The third kappa shape index (κ3) is 5.00. The van der Waals surface area contributed by atoms with Gasteiger partial charge in [0.1, 0.15) is 12.6 Å². The highest BCUT2D eigenvalue weighted by Gasteiger charge is 2.29. The Hall–Kier alpha value is -3.88. The minimum atomic E-state index is -1.70. The molecule has 2 aromatic carbocycles. The van der Waals surface area contributed by atoms with Crippen LogP contribution in [0.3, 0.4) is 0 Å². The number of carbonyl (C=O) groups excluding carboxylic acids is 3. The second-order valence-corrected chi connectivity index (χ2v) is 7.06. The Morgan fingerprint density at radius 3 is 2.10 bits per heavy atom. The summed E-state index contributed by atoms with van der Waals surface area (Å²) in [7, 11) is 0. The van der Waals surface area contributed by atoms with Crippen LogP contribution in [0.5, 0.6) is 0 Å². The van der Waals surface area contributed by atoms with Crippen molar-refractivity contribution in [1.29, 1.82) is 0 Å². The molecule has 0 heterocycles. The number of hydrazine groups is 1. The molecule has 0 saturated heterocycles. The van der Waals surface area contributed by atoms with Crippen molar-refractivity contribution in [2.45, 2.75) is 31.7 Å². The lowest BCUT2D eigenvalue weighted by Crippen LogP contribution is -2.53. The Labute approximate surface area is 178 Å². The third-order valence-corrected chi connectivity index (χ3v) is 5.02. The number of carboxylic acid groups (broad SMARTS) is 1. The van der Waals surface area contributed by atoms with E-state index < -0.39 is 29.9 Å². The van der Waals surface area contributed by atoms with E-state index in [1.165, 1.54) is 0 Å². The summed E-state index contributed by atoms with van der Waals surface area (Å²) >= 11 is 0. The lowest BCUT2D eigenvalue weighted by molar-refractivity contribution is -0.151. The van der Waals surface area contributed by atoms with Crippen LogP contribution in [0.4, 0.5) is 4.79 Å². The summed E-state index contributed by atoms with van der Waals surface area (Å²) in [5, 5.41) is 10.8. The fourth-order valence-electron chi connectivity index (χ4n) is 3.61. The summed E-state index contributed by atoms with van der Waals surface area (Å²) in [5.41, 5.74) is 8.59. The Bertz CT molecular complexity index is 961. The summed E-state index contributed by atoms with van der Waals surface area (Å²) in [5.74, 6) is -3.87. The average molecular weight is 425 g/mol. The van der Waals surface area contributed by atoms with Crippen LogP contribution in [-0.2, 0) is 19.1 Å². The number of hydrogen-bond acceptors (Lipinski definition) is 5. The lowest BCUT2D eigenvalue weighted by atomic mass is 9.98. The van der Waals surface area contributed by atoms with Gasteiger partial charge in [-0.15, -0.1) is 0 Å². The molecule has 0 fully saturated rings. The van der Waals surface area contributed by atoms with Gasteiger partial charge in [-0.05, 0) is 28.7 Å². The van der Waals surface area contributed by atoms with Crippen LogP contribution in [0.15, 0.2) is 48.5 Å². The van der Waals surface area contributed by atoms with Gasteiger partial charge in [0.05, 0.1) is 0 Å². The number of rotatable bonds is 6. The van der Waals surface area contributed by atoms with Gasteiger partial charge in [0.2, 0.25) is 0 Å². The van der Waals surface area contributed by atoms with Crippen LogP contribution in [0, 0.1) is 0 Å². The molecule has 1 unspecified atom stereocenters. The van der Waals surface area contributed by atoms with Crippen molar-refractivity contribution in [3.63, 3.8) is 0 Å². The number of carboxylic acids is 1. The first-order valence-electron chi connectivity index (χ1n) is 9.87. The molecule has 0 radical (unpaired) electrons. The van der Waals surface area contributed by atoms with Crippen molar-refractivity contribution in [1.82, 2.24) is 16.2 Å². The molecule has 162 valence electrons. The van der Waals surface area contributed by atoms with E-state index in [1.54, 1.807) is 6.92 Å². The predicted molar refractivity (Wildman–Crippen MR) is 111 cm³/mol. The van der Waals surface area contributed by atoms with Crippen molar-refractivity contribution in [3.8, 4) is 11.1 Å². The molecule has 1 atom stereocenters. The van der Waals surface area contributed by atoms with Crippen LogP contribution in [0.2, 0.25) is 0 Å². The number of hydrogen-bond donors (Lipinski definition) is 4. The van der Waals surface area contributed by atoms with Crippen molar-refractivity contribution in [3.05, 3.63) is 59.7 Å². The van der Waals surface area contributed by atoms with Gasteiger partial charge in [-0.2, -0.15) is 0 Å². The highest BCUT2D eigenvalue weighted by Crippen LogP contribution is 2.44. The van der Waals surface area contributed by atoms with Crippen molar-refractivity contribution in [2.24, 2.45) is 0 Å². The van der Waals surface area contributed by atoms with Gasteiger partial charge in [0.25, 0.3) is 5.91 Å². The molecule has 1 aliphatic carbocycles. The number of carbonyl (C=O) groups is 4. The molecule has 9 nitrogen and oxygen atoms in total. The minimum Gasteiger partial charge on any atom is -0.474 e. The van der Waals surface area contributed by atoms with Crippen LogP contribution < -0.4 is 16.2 Å². The zero-order valence-corrected chi connectivity index (χ0v) is 16.9. The minimum absolute atomic E-state index is 0.0733. The molecule has 0 aliphatic heterocycles. The summed E-state index contributed by atoms with van der Waals surface area (Å²) in [6.07, 6.45) is -0.143. The topological polar surface area (TPSA) is 134 Å². The quantitative estimate of drug-likeness (QED) is 0.413. The van der Waals surface area contributed by atoms with Gasteiger partial charge in [0.15, 0.2) is 0 Å². The van der Waals surface area contributed by atoms with E-state index in [4.69, 9.17) is 9.84 Å². The van der Waals surface area contributed by atoms with Gasteiger partial charge in [-0.25, -0.2) is 15.0 Å². The Kier molecular flexibility index (Phi) is 6.86. The fraction of sp³-hybridized carbons (Fsp3) is 0.273. The van der Waals surface area contributed by atoms with Gasteiger partial charge >= 0.3 is 18.0 Å². The largest absolute Gasteiger partial charge is 0.474 e. The summed E-state index contributed by atoms with van der Waals surface area (Å²) < 4.78 is 5.30. The zero-order valence-electron chi connectivity index (χ0n) is 16.9. The number of amides is 3. The summed E-state index contributed by atoms with van der Waals surface area (Å²) in [4.78, 5) is 46.3. The van der Waals surface area contributed by atoms with Crippen molar-refractivity contribution in [2.75, 3.05) is 6.61 Å². The molecule has 3 amide bonds. The maximum Gasteiger partial charge on any atom is 0.426 e. The van der Waals surface area contributed by atoms with Crippen LogP contribution in [0.1, 0.15) is 36.8 Å². The molecule has 0 aromatic heterocycles. The van der Waals surface area contributed by atoms with E-state index in [0.29, 0.717) is 6.42 Å². The monoisotopic (exact) mass is 425 g/mol. The van der Waals surface area contributed by atoms with Crippen LogP contribution in [0.25, 0.3) is 11.1 Å². The van der Waals surface area contributed by atoms with E-state index in [9.17, 15) is 19.2 Å². The van der Waals surface area contributed by atoms with Gasteiger partial charge in [0, 0.05) is 5.92 Å². The molecular weight excluding hydrogens is 402 g/mol. The Morgan fingerprint density at radius 2 is 1.55 bits per heavy atom. The molecule has 31 heavy (non-hydrogen) atoms. The first kappa shape index (κ1) is 21.8. The van der Waals surface area contributed by atoms with Crippen LogP contribution >= 0.6 is 0 Å². The normalized spacial score (nSPS) is 12.8. The molecular formula is C22H23N3O6. The summed E-state index contributed by atoms with van der Waals surface area (Å²) in [6, 6.07) is 14.7. The molecule has 0 bridgehead atoms. The smallest absolute Gasteiger partial charge is 0.426 e. The number of benzene rings is 2. The van der Waals surface area contributed by atoms with Crippen molar-refractivity contribution < 1.29 is 29.0 Å². The molecule has 0 spiro atoms. The number of fused-ring (bicyclic) bond motifs is 3. The van der Waals surface area contributed by atoms with E-state index >= 15 is 0 Å². The van der Waals surface area contributed by atoms with E-state index in [-0.39, 0.29) is 18.9 Å². The lowest BCUT2D eigenvalue weighted by Gasteiger charge is -2.18. The van der Waals surface area contributed by atoms with Gasteiger partial charge in [-0.1, -0.05) is 61.9 Å². The second kappa shape index (κ2) is 9.75. The van der Waals surface area contributed by atoms with Crippen LogP contribution in [-0.4, -0.2) is 41.6 Å². The maximum absolute atomic E-state index is 12.2. The SMILES string of the molecule is CCCC(NC(=O)C(=O)O)C(=O)NNC(=O)OCC1c2ccccc2-c2ccccc21. The molecule has 1 aliphatic rings. The predicted octanol–water partition coefficient (Wildman–Crippen LogP) is 1.93. The van der Waals surface area contributed by atoms with E-state index in [1.807, 2.05) is 48.5 Å². The first-order chi connectivity index (χ1) is 14.9. The van der Waals surface area contributed by atoms with E-state index in [0.717, 1.165) is 22.3 Å².